The van der Waals surface area contributed by atoms with E-state index in [0.717, 1.165) is 5.56 Å². The van der Waals surface area contributed by atoms with Gasteiger partial charge in [-0.05, 0) is 48.0 Å². The van der Waals surface area contributed by atoms with Gasteiger partial charge in [-0.1, -0.05) is 12.1 Å². The van der Waals surface area contributed by atoms with E-state index in [-0.39, 0.29) is 17.4 Å². The maximum atomic E-state index is 13.3. The van der Waals surface area contributed by atoms with Gasteiger partial charge >= 0.3 is 0 Å². The van der Waals surface area contributed by atoms with Gasteiger partial charge in [0.05, 0.1) is 14.2 Å². The van der Waals surface area contributed by atoms with Crippen molar-refractivity contribution in [1.82, 2.24) is 10.3 Å². The SMILES string of the molecule is COc1ccc(CNC(=O)c2cc(Nc3cccc(F)c3)ccn2)cc1OC. The van der Waals surface area contributed by atoms with Crippen molar-refractivity contribution in [2.45, 2.75) is 6.54 Å². The molecule has 0 saturated carbocycles. The molecule has 0 atom stereocenters. The molecule has 2 aromatic carbocycles. The summed E-state index contributed by atoms with van der Waals surface area (Å²) in [5.41, 5.74) is 2.33. The van der Waals surface area contributed by atoms with Crippen molar-refractivity contribution in [3.05, 3.63) is 77.9 Å². The van der Waals surface area contributed by atoms with Gasteiger partial charge in [0.25, 0.3) is 5.91 Å². The lowest BCUT2D eigenvalue weighted by atomic mass is 10.2. The van der Waals surface area contributed by atoms with Crippen LogP contribution in [-0.2, 0) is 6.54 Å². The van der Waals surface area contributed by atoms with Crippen molar-refractivity contribution in [3.8, 4) is 11.5 Å². The van der Waals surface area contributed by atoms with Crippen LogP contribution in [0.25, 0.3) is 0 Å². The average Bonchev–Trinajstić information content (AvgIpc) is 2.72. The second kappa shape index (κ2) is 8.85. The number of nitrogens with one attached hydrogen (secondary N) is 2. The Kier molecular flexibility index (Phi) is 6.06. The molecular weight excluding hydrogens is 361 g/mol. The van der Waals surface area contributed by atoms with Gasteiger partial charge in [-0.2, -0.15) is 0 Å². The Balaban J connectivity index is 1.66. The van der Waals surface area contributed by atoms with Crippen molar-refractivity contribution in [1.29, 1.82) is 0 Å². The summed E-state index contributed by atoms with van der Waals surface area (Å²) >= 11 is 0. The summed E-state index contributed by atoms with van der Waals surface area (Å²) in [5, 5.41) is 5.87. The molecule has 0 fully saturated rings. The molecule has 0 aliphatic rings. The highest BCUT2D eigenvalue weighted by Crippen LogP contribution is 2.27. The van der Waals surface area contributed by atoms with Crippen LogP contribution < -0.4 is 20.1 Å². The van der Waals surface area contributed by atoms with Gasteiger partial charge in [-0.15, -0.1) is 0 Å². The molecule has 28 heavy (non-hydrogen) atoms. The Labute approximate surface area is 162 Å². The van der Waals surface area contributed by atoms with E-state index in [4.69, 9.17) is 9.47 Å². The highest BCUT2D eigenvalue weighted by molar-refractivity contribution is 5.93. The fourth-order valence-corrected chi connectivity index (χ4v) is 2.63. The maximum Gasteiger partial charge on any atom is 0.270 e. The van der Waals surface area contributed by atoms with Gasteiger partial charge in [-0.25, -0.2) is 4.39 Å². The first-order valence-corrected chi connectivity index (χ1v) is 8.57. The lowest BCUT2D eigenvalue weighted by Crippen LogP contribution is -2.23. The number of rotatable bonds is 7. The van der Waals surface area contributed by atoms with Gasteiger partial charge in [0, 0.05) is 24.1 Å². The normalized spacial score (nSPS) is 10.2. The number of ether oxygens (including phenoxy) is 2. The van der Waals surface area contributed by atoms with Crippen molar-refractivity contribution in [3.63, 3.8) is 0 Å². The summed E-state index contributed by atoms with van der Waals surface area (Å²) in [6, 6.07) is 14.8. The zero-order chi connectivity index (χ0) is 19.9. The van der Waals surface area contributed by atoms with E-state index in [1.54, 1.807) is 50.6 Å². The van der Waals surface area contributed by atoms with Crippen LogP contribution in [0.2, 0.25) is 0 Å². The van der Waals surface area contributed by atoms with Crippen molar-refractivity contribution < 1.29 is 18.7 Å². The summed E-state index contributed by atoms with van der Waals surface area (Å²) in [6.45, 7) is 0.308. The summed E-state index contributed by atoms with van der Waals surface area (Å²) in [6.07, 6.45) is 1.52. The summed E-state index contributed by atoms with van der Waals surface area (Å²) in [7, 11) is 3.12. The Morgan fingerprint density at radius 2 is 1.79 bits per heavy atom. The zero-order valence-corrected chi connectivity index (χ0v) is 15.5. The zero-order valence-electron chi connectivity index (χ0n) is 15.5. The highest BCUT2D eigenvalue weighted by atomic mass is 19.1. The lowest BCUT2D eigenvalue weighted by molar-refractivity contribution is 0.0946. The fourth-order valence-electron chi connectivity index (χ4n) is 2.63. The lowest BCUT2D eigenvalue weighted by Gasteiger charge is -2.11. The third-order valence-corrected chi connectivity index (χ3v) is 4.01. The van der Waals surface area contributed by atoms with Crippen molar-refractivity contribution >= 4 is 17.3 Å². The molecule has 0 spiro atoms. The third-order valence-electron chi connectivity index (χ3n) is 4.01. The fraction of sp³-hybridized carbons (Fsp3) is 0.143. The first kappa shape index (κ1) is 19.2. The van der Waals surface area contributed by atoms with Crippen LogP contribution in [0.5, 0.6) is 11.5 Å². The predicted molar refractivity (Wildman–Crippen MR) is 105 cm³/mol. The number of nitrogens with zero attached hydrogens (tertiary/aromatic N) is 1. The van der Waals surface area contributed by atoms with E-state index in [9.17, 15) is 9.18 Å². The maximum absolute atomic E-state index is 13.3. The Bertz CT molecular complexity index is 979. The van der Waals surface area contributed by atoms with E-state index >= 15 is 0 Å². The Morgan fingerprint density at radius 3 is 2.54 bits per heavy atom. The molecule has 2 N–H and O–H groups in total. The molecule has 0 radical (unpaired) electrons. The summed E-state index contributed by atoms with van der Waals surface area (Å²) in [5.74, 6) is 0.550. The molecular formula is C21H20FN3O3. The molecule has 0 saturated heterocycles. The van der Waals surface area contributed by atoms with Crippen molar-refractivity contribution in [2.24, 2.45) is 0 Å². The quantitative estimate of drug-likeness (QED) is 0.649. The number of carbonyl (C=O) groups excluding carboxylic acids is 1. The molecule has 144 valence electrons. The molecule has 1 amide bonds. The van der Waals surface area contributed by atoms with Crippen LogP contribution in [-0.4, -0.2) is 25.1 Å². The second-order valence-electron chi connectivity index (χ2n) is 5.94. The van der Waals surface area contributed by atoms with Gasteiger partial charge in [-0.3, -0.25) is 9.78 Å². The standard InChI is InChI=1S/C21H20FN3O3/c1-27-19-7-6-14(10-20(19)28-2)13-24-21(26)18-12-17(8-9-23-18)25-16-5-3-4-15(22)11-16/h3-12H,13H2,1-2H3,(H,23,25)(H,24,26). The number of hydrogen-bond donors (Lipinski definition) is 2. The molecule has 1 aromatic heterocycles. The van der Waals surface area contributed by atoms with Crippen LogP contribution >= 0.6 is 0 Å². The molecule has 6 nitrogen and oxygen atoms in total. The monoisotopic (exact) mass is 381 g/mol. The van der Waals surface area contributed by atoms with Gasteiger partial charge < -0.3 is 20.1 Å². The molecule has 1 heterocycles. The number of methoxy groups -OCH3 is 2. The first-order chi connectivity index (χ1) is 13.6. The van der Waals surface area contributed by atoms with Crippen LogP contribution in [0.3, 0.4) is 0 Å². The molecule has 0 bridgehead atoms. The van der Waals surface area contributed by atoms with Gasteiger partial charge in [0.2, 0.25) is 0 Å². The number of aromatic nitrogens is 1. The third kappa shape index (κ3) is 4.76. The number of benzene rings is 2. The van der Waals surface area contributed by atoms with Crippen LogP contribution in [0.1, 0.15) is 16.1 Å². The van der Waals surface area contributed by atoms with Crippen LogP contribution in [0.15, 0.2) is 60.8 Å². The number of halogens is 1. The number of amides is 1. The number of carbonyl (C=O) groups is 1. The minimum atomic E-state index is -0.341. The number of hydrogen-bond acceptors (Lipinski definition) is 5. The van der Waals surface area contributed by atoms with E-state index in [2.05, 4.69) is 15.6 Å². The number of pyridine rings is 1. The number of anilines is 2. The first-order valence-electron chi connectivity index (χ1n) is 8.57. The van der Waals surface area contributed by atoms with E-state index < -0.39 is 0 Å². The molecule has 0 aliphatic heterocycles. The molecule has 7 heteroatoms. The Hall–Kier alpha value is -3.61. The molecule has 3 aromatic rings. The average molecular weight is 381 g/mol. The summed E-state index contributed by atoms with van der Waals surface area (Å²) < 4.78 is 23.8. The molecule has 0 aliphatic carbocycles. The largest absolute Gasteiger partial charge is 0.493 e. The van der Waals surface area contributed by atoms with Gasteiger partial charge in [0.15, 0.2) is 11.5 Å². The smallest absolute Gasteiger partial charge is 0.270 e. The minimum absolute atomic E-state index is 0.252. The minimum Gasteiger partial charge on any atom is -0.493 e. The second-order valence-corrected chi connectivity index (χ2v) is 5.94. The van der Waals surface area contributed by atoms with Crippen LogP contribution in [0.4, 0.5) is 15.8 Å². The van der Waals surface area contributed by atoms with E-state index in [1.807, 2.05) is 6.07 Å². The molecule has 3 rings (SSSR count). The van der Waals surface area contributed by atoms with E-state index in [1.165, 1.54) is 18.3 Å². The van der Waals surface area contributed by atoms with E-state index in [0.29, 0.717) is 29.4 Å². The van der Waals surface area contributed by atoms with Crippen LogP contribution in [0, 0.1) is 5.82 Å². The molecule has 0 unspecified atom stereocenters. The highest BCUT2D eigenvalue weighted by Gasteiger charge is 2.10. The summed E-state index contributed by atoms with van der Waals surface area (Å²) in [4.78, 5) is 16.5. The predicted octanol–water partition coefficient (Wildman–Crippen LogP) is 3.91. The topological polar surface area (TPSA) is 72.5 Å². The Morgan fingerprint density at radius 1 is 1.00 bits per heavy atom. The van der Waals surface area contributed by atoms with Gasteiger partial charge in [0.1, 0.15) is 11.5 Å². The van der Waals surface area contributed by atoms with Crippen molar-refractivity contribution in [2.75, 3.05) is 19.5 Å².